The molecule has 1 aromatic heterocycles. The second-order valence-corrected chi connectivity index (χ2v) is 2.99. The summed E-state index contributed by atoms with van der Waals surface area (Å²) in [7, 11) is 0. The first-order valence-electron chi connectivity index (χ1n) is 4.57. The van der Waals surface area contributed by atoms with Gasteiger partial charge in [-0.1, -0.05) is 6.08 Å². The molecule has 0 aromatic carbocycles. The number of rotatable bonds is 5. The third-order valence-corrected chi connectivity index (χ3v) is 1.65. The number of ether oxygens (including phenoxy) is 1. The van der Waals surface area contributed by atoms with Crippen molar-refractivity contribution in [3.05, 3.63) is 24.4 Å². The number of allylic oxidation sites excluding steroid dienone is 1. The highest BCUT2D eigenvalue weighted by molar-refractivity contribution is 5.25. The lowest BCUT2D eigenvalue weighted by atomic mass is 10.3. The van der Waals surface area contributed by atoms with Gasteiger partial charge in [0, 0.05) is 11.8 Å². The standard InChI is InChI=1S/C10H15N3O/c1-3-4-5-6-14-9-7-8(2)12-10(11)13-9/h3,7H,1,4-6H2,2H3,(H2,11,12,13). The Morgan fingerprint density at radius 2 is 2.36 bits per heavy atom. The van der Waals surface area contributed by atoms with E-state index in [-0.39, 0.29) is 5.95 Å². The molecule has 0 aliphatic carbocycles. The van der Waals surface area contributed by atoms with Crippen molar-refractivity contribution < 1.29 is 4.74 Å². The van der Waals surface area contributed by atoms with Gasteiger partial charge in [0.2, 0.25) is 11.8 Å². The first-order valence-corrected chi connectivity index (χ1v) is 4.57. The van der Waals surface area contributed by atoms with Crippen LogP contribution in [0.1, 0.15) is 18.5 Å². The molecular formula is C10H15N3O. The van der Waals surface area contributed by atoms with E-state index in [9.17, 15) is 0 Å². The van der Waals surface area contributed by atoms with E-state index in [0.29, 0.717) is 12.5 Å². The van der Waals surface area contributed by atoms with Gasteiger partial charge in [-0.25, -0.2) is 4.98 Å². The van der Waals surface area contributed by atoms with Crippen molar-refractivity contribution in [1.29, 1.82) is 0 Å². The maximum Gasteiger partial charge on any atom is 0.223 e. The zero-order valence-corrected chi connectivity index (χ0v) is 8.36. The average Bonchev–Trinajstić information content (AvgIpc) is 2.11. The summed E-state index contributed by atoms with van der Waals surface area (Å²) in [6.45, 7) is 6.11. The molecule has 76 valence electrons. The van der Waals surface area contributed by atoms with Crippen molar-refractivity contribution in [2.24, 2.45) is 0 Å². The zero-order chi connectivity index (χ0) is 10.4. The monoisotopic (exact) mass is 193 g/mol. The topological polar surface area (TPSA) is 61.0 Å². The molecule has 0 atom stereocenters. The van der Waals surface area contributed by atoms with Crippen molar-refractivity contribution in [3.63, 3.8) is 0 Å². The van der Waals surface area contributed by atoms with Crippen LogP contribution < -0.4 is 10.5 Å². The molecule has 1 heterocycles. The van der Waals surface area contributed by atoms with Gasteiger partial charge in [-0.3, -0.25) is 0 Å². The van der Waals surface area contributed by atoms with Gasteiger partial charge < -0.3 is 10.5 Å². The van der Waals surface area contributed by atoms with Crippen LogP contribution in [-0.2, 0) is 0 Å². The number of unbranched alkanes of at least 4 members (excludes halogenated alkanes) is 1. The SMILES string of the molecule is C=CCCCOc1cc(C)nc(N)n1. The van der Waals surface area contributed by atoms with E-state index in [1.165, 1.54) is 0 Å². The number of nitrogen functional groups attached to an aromatic ring is 1. The summed E-state index contributed by atoms with van der Waals surface area (Å²) in [6.07, 6.45) is 3.74. The summed E-state index contributed by atoms with van der Waals surface area (Å²) < 4.78 is 5.39. The maximum absolute atomic E-state index is 5.47. The quantitative estimate of drug-likeness (QED) is 0.571. The predicted octanol–water partition coefficient (Wildman–Crippen LogP) is 1.71. The Morgan fingerprint density at radius 3 is 3.00 bits per heavy atom. The molecule has 0 aliphatic rings. The zero-order valence-electron chi connectivity index (χ0n) is 8.36. The van der Waals surface area contributed by atoms with Gasteiger partial charge in [-0.05, 0) is 19.8 Å². The molecule has 1 aromatic rings. The Kier molecular flexibility index (Phi) is 3.91. The molecule has 14 heavy (non-hydrogen) atoms. The lowest BCUT2D eigenvalue weighted by molar-refractivity contribution is 0.300. The third-order valence-electron chi connectivity index (χ3n) is 1.65. The van der Waals surface area contributed by atoms with E-state index in [2.05, 4.69) is 16.5 Å². The highest BCUT2D eigenvalue weighted by Crippen LogP contribution is 2.10. The Morgan fingerprint density at radius 1 is 1.57 bits per heavy atom. The fourth-order valence-electron chi connectivity index (χ4n) is 1.04. The van der Waals surface area contributed by atoms with Crippen LogP contribution in [0, 0.1) is 6.92 Å². The van der Waals surface area contributed by atoms with Crippen LogP contribution in [0.15, 0.2) is 18.7 Å². The molecule has 0 radical (unpaired) electrons. The fraction of sp³-hybridized carbons (Fsp3) is 0.400. The number of hydrogen-bond donors (Lipinski definition) is 1. The molecule has 0 amide bonds. The van der Waals surface area contributed by atoms with Gasteiger partial charge in [0.15, 0.2) is 0 Å². The third kappa shape index (κ3) is 3.43. The number of nitrogens with zero attached hydrogens (tertiary/aromatic N) is 2. The van der Waals surface area contributed by atoms with Crippen molar-refractivity contribution in [3.8, 4) is 5.88 Å². The summed E-state index contributed by atoms with van der Waals surface area (Å²) in [5.41, 5.74) is 6.29. The van der Waals surface area contributed by atoms with Crippen LogP contribution in [0.3, 0.4) is 0 Å². The van der Waals surface area contributed by atoms with Crippen LogP contribution in [0.2, 0.25) is 0 Å². The molecule has 0 bridgehead atoms. The van der Waals surface area contributed by atoms with Crippen molar-refractivity contribution in [1.82, 2.24) is 9.97 Å². The largest absolute Gasteiger partial charge is 0.478 e. The number of nitrogens with two attached hydrogens (primary N) is 1. The Bertz CT molecular complexity index is 292. The predicted molar refractivity (Wildman–Crippen MR) is 56.1 cm³/mol. The molecule has 0 saturated heterocycles. The first-order chi connectivity index (χ1) is 6.72. The van der Waals surface area contributed by atoms with E-state index >= 15 is 0 Å². The minimum absolute atomic E-state index is 0.253. The van der Waals surface area contributed by atoms with Crippen molar-refractivity contribution >= 4 is 5.95 Å². The van der Waals surface area contributed by atoms with E-state index in [4.69, 9.17) is 10.5 Å². The highest BCUT2D eigenvalue weighted by Gasteiger charge is 1.99. The van der Waals surface area contributed by atoms with E-state index in [1.807, 2.05) is 13.0 Å². The molecule has 0 saturated carbocycles. The summed E-state index contributed by atoms with van der Waals surface area (Å²) in [5, 5.41) is 0. The number of aryl methyl sites for hydroxylation is 1. The lowest BCUT2D eigenvalue weighted by Crippen LogP contribution is -2.03. The van der Waals surface area contributed by atoms with Gasteiger partial charge in [0.05, 0.1) is 6.61 Å². The Labute approximate surface area is 83.8 Å². The van der Waals surface area contributed by atoms with Crippen LogP contribution in [0.5, 0.6) is 5.88 Å². The molecule has 2 N–H and O–H groups in total. The maximum atomic E-state index is 5.47. The molecule has 4 heteroatoms. The first kappa shape index (κ1) is 10.5. The Balaban J connectivity index is 2.46. The van der Waals surface area contributed by atoms with E-state index in [1.54, 1.807) is 6.07 Å². The van der Waals surface area contributed by atoms with Crippen LogP contribution in [0.25, 0.3) is 0 Å². The molecule has 4 nitrogen and oxygen atoms in total. The van der Waals surface area contributed by atoms with E-state index in [0.717, 1.165) is 18.5 Å². The van der Waals surface area contributed by atoms with Crippen molar-refractivity contribution in [2.75, 3.05) is 12.3 Å². The fourth-order valence-corrected chi connectivity index (χ4v) is 1.04. The highest BCUT2D eigenvalue weighted by atomic mass is 16.5. The molecule has 0 spiro atoms. The molecule has 1 rings (SSSR count). The minimum Gasteiger partial charge on any atom is -0.478 e. The lowest BCUT2D eigenvalue weighted by Gasteiger charge is -2.05. The number of anilines is 1. The normalized spacial score (nSPS) is 9.79. The molecule has 0 aliphatic heterocycles. The summed E-state index contributed by atoms with van der Waals surface area (Å²) in [6, 6.07) is 1.77. The second-order valence-electron chi connectivity index (χ2n) is 2.99. The van der Waals surface area contributed by atoms with Crippen LogP contribution in [-0.4, -0.2) is 16.6 Å². The van der Waals surface area contributed by atoms with Gasteiger partial charge in [0.1, 0.15) is 0 Å². The molecular weight excluding hydrogens is 178 g/mol. The Hall–Kier alpha value is -1.58. The second kappa shape index (κ2) is 5.21. The minimum atomic E-state index is 0.253. The van der Waals surface area contributed by atoms with Crippen LogP contribution in [0.4, 0.5) is 5.95 Å². The van der Waals surface area contributed by atoms with E-state index < -0.39 is 0 Å². The average molecular weight is 193 g/mol. The van der Waals surface area contributed by atoms with Gasteiger partial charge in [0.25, 0.3) is 0 Å². The summed E-state index contributed by atoms with van der Waals surface area (Å²) >= 11 is 0. The van der Waals surface area contributed by atoms with Gasteiger partial charge in [-0.15, -0.1) is 6.58 Å². The van der Waals surface area contributed by atoms with Gasteiger partial charge >= 0.3 is 0 Å². The van der Waals surface area contributed by atoms with Crippen molar-refractivity contribution in [2.45, 2.75) is 19.8 Å². The smallest absolute Gasteiger partial charge is 0.223 e. The molecule has 0 unspecified atom stereocenters. The summed E-state index contributed by atoms with van der Waals surface area (Å²) in [5.74, 6) is 0.794. The summed E-state index contributed by atoms with van der Waals surface area (Å²) in [4.78, 5) is 7.90. The van der Waals surface area contributed by atoms with Crippen LogP contribution >= 0.6 is 0 Å². The number of aromatic nitrogens is 2. The molecule has 0 fully saturated rings. The van der Waals surface area contributed by atoms with Gasteiger partial charge in [-0.2, -0.15) is 4.98 Å². The number of hydrogen-bond acceptors (Lipinski definition) is 4.